The van der Waals surface area contributed by atoms with Gasteiger partial charge in [0, 0.05) is 0 Å². The largest absolute Gasteiger partial charge is 0.483 e. The van der Waals surface area contributed by atoms with Crippen LogP contribution < -0.4 is 10.2 Å². The summed E-state index contributed by atoms with van der Waals surface area (Å²) >= 11 is 0. The summed E-state index contributed by atoms with van der Waals surface area (Å²) in [4.78, 5) is 11.8. The lowest BCUT2D eigenvalue weighted by atomic mass is 10.00. The van der Waals surface area contributed by atoms with Gasteiger partial charge in [-0.25, -0.2) is 5.43 Å². The number of nitrogens with one attached hydrogen (secondary N) is 1. The van der Waals surface area contributed by atoms with Crippen LogP contribution in [0.25, 0.3) is 0 Å². The molecule has 0 aliphatic rings. The Morgan fingerprint density at radius 1 is 1.32 bits per heavy atom. The van der Waals surface area contributed by atoms with Gasteiger partial charge in [0.1, 0.15) is 5.75 Å². The van der Waals surface area contributed by atoms with E-state index in [2.05, 4.69) is 30.4 Å². The van der Waals surface area contributed by atoms with E-state index in [0.717, 1.165) is 22.6 Å². The summed E-state index contributed by atoms with van der Waals surface area (Å²) in [5, 5.41) is 4.01. The van der Waals surface area contributed by atoms with Crippen molar-refractivity contribution in [3.63, 3.8) is 0 Å². The number of hydrazone groups is 1. The van der Waals surface area contributed by atoms with E-state index in [-0.39, 0.29) is 12.5 Å². The van der Waals surface area contributed by atoms with Crippen molar-refractivity contribution in [1.82, 2.24) is 5.43 Å². The van der Waals surface area contributed by atoms with Gasteiger partial charge in [0.2, 0.25) is 0 Å². The Balaban J connectivity index is 2.63. The number of carbonyl (C=O) groups excluding carboxylic acids is 1. The first-order valence-corrected chi connectivity index (χ1v) is 7.51. The highest BCUT2D eigenvalue weighted by Gasteiger charge is 2.10. The molecule has 0 unspecified atom stereocenters. The Labute approximate surface area is 133 Å². The van der Waals surface area contributed by atoms with Crippen LogP contribution in [0.15, 0.2) is 34.9 Å². The molecule has 0 aromatic heterocycles. The Morgan fingerprint density at radius 3 is 2.59 bits per heavy atom. The minimum Gasteiger partial charge on any atom is -0.483 e. The first-order valence-electron chi connectivity index (χ1n) is 7.51. The molecule has 1 aromatic rings. The van der Waals surface area contributed by atoms with Crippen molar-refractivity contribution in [2.45, 2.75) is 47.5 Å². The molecule has 0 fully saturated rings. The van der Waals surface area contributed by atoms with Crippen molar-refractivity contribution < 1.29 is 9.53 Å². The van der Waals surface area contributed by atoms with Crippen LogP contribution >= 0.6 is 0 Å². The summed E-state index contributed by atoms with van der Waals surface area (Å²) in [6.45, 7) is 12.0. The predicted octanol–water partition coefficient (Wildman–Crippen LogP) is 3.96. The zero-order chi connectivity index (χ0) is 16.7. The molecule has 0 radical (unpaired) electrons. The molecule has 0 saturated carbocycles. The SMILES string of the molecule is CC(C)=CC(C)=NNC(=O)COc1ccc(C)cc1C(C)C. The highest BCUT2D eigenvalue weighted by molar-refractivity contribution is 5.94. The summed E-state index contributed by atoms with van der Waals surface area (Å²) < 4.78 is 5.63. The van der Waals surface area contributed by atoms with Gasteiger partial charge < -0.3 is 4.74 Å². The van der Waals surface area contributed by atoms with E-state index in [1.807, 2.05) is 45.9 Å². The molecule has 0 saturated heterocycles. The fourth-order valence-electron chi connectivity index (χ4n) is 2.03. The molecule has 1 rings (SSSR count). The molecule has 0 aliphatic carbocycles. The van der Waals surface area contributed by atoms with E-state index in [0.29, 0.717) is 5.92 Å². The predicted molar refractivity (Wildman–Crippen MR) is 91.4 cm³/mol. The van der Waals surface area contributed by atoms with Crippen LogP contribution in [0.5, 0.6) is 5.75 Å². The normalized spacial score (nSPS) is 11.3. The third-order valence-electron chi connectivity index (χ3n) is 3.00. The number of carbonyl (C=O) groups is 1. The van der Waals surface area contributed by atoms with Crippen molar-refractivity contribution in [3.05, 3.63) is 41.0 Å². The second-order valence-electron chi connectivity index (χ2n) is 5.99. The lowest BCUT2D eigenvalue weighted by Gasteiger charge is -2.14. The number of hydrogen-bond acceptors (Lipinski definition) is 3. The minimum atomic E-state index is -0.267. The van der Waals surface area contributed by atoms with Gasteiger partial charge in [-0.3, -0.25) is 4.79 Å². The van der Waals surface area contributed by atoms with Crippen LogP contribution in [0.3, 0.4) is 0 Å². The molecule has 120 valence electrons. The lowest BCUT2D eigenvalue weighted by Crippen LogP contribution is -2.25. The summed E-state index contributed by atoms with van der Waals surface area (Å²) in [6, 6.07) is 5.99. The Morgan fingerprint density at radius 2 is 2.00 bits per heavy atom. The smallest absolute Gasteiger partial charge is 0.277 e. The van der Waals surface area contributed by atoms with E-state index in [4.69, 9.17) is 4.74 Å². The zero-order valence-corrected chi connectivity index (χ0v) is 14.4. The second kappa shape index (κ2) is 8.37. The highest BCUT2D eigenvalue weighted by atomic mass is 16.5. The molecule has 0 atom stereocenters. The van der Waals surface area contributed by atoms with E-state index < -0.39 is 0 Å². The Hall–Kier alpha value is -2.10. The number of aryl methyl sites for hydroxylation is 1. The van der Waals surface area contributed by atoms with Crippen LogP contribution in [-0.2, 0) is 4.79 Å². The van der Waals surface area contributed by atoms with Gasteiger partial charge in [-0.1, -0.05) is 37.1 Å². The quantitative estimate of drug-likeness (QED) is 0.639. The van der Waals surface area contributed by atoms with Crippen LogP contribution in [0.4, 0.5) is 0 Å². The van der Waals surface area contributed by atoms with Gasteiger partial charge in [-0.05, 0) is 51.3 Å². The van der Waals surface area contributed by atoms with Crippen LogP contribution in [0.1, 0.15) is 51.7 Å². The van der Waals surface area contributed by atoms with Gasteiger partial charge in [0.05, 0.1) is 5.71 Å². The monoisotopic (exact) mass is 302 g/mol. The maximum atomic E-state index is 11.8. The molecule has 22 heavy (non-hydrogen) atoms. The molecular formula is C18H26N2O2. The average Bonchev–Trinajstić information content (AvgIpc) is 2.42. The van der Waals surface area contributed by atoms with E-state index in [1.54, 1.807) is 0 Å². The Kier molecular flexibility index (Phi) is 6.83. The molecule has 0 spiro atoms. The lowest BCUT2D eigenvalue weighted by molar-refractivity contribution is -0.123. The third-order valence-corrected chi connectivity index (χ3v) is 3.00. The molecule has 4 heteroatoms. The van der Waals surface area contributed by atoms with Crippen molar-refractivity contribution in [3.8, 4) is 5.75 Å². The summed E-state index contributed by atoms with van der Waals surface area (Å²) in [6.07, 6.45) is 1.90. The van der Waals surface area contributed by atoms with Crippen LogP contribution in [0, 0.1) is 6.92 Å². The average molecular weight is 302 g/mol. The minimum absolute atomic E-state index is 0.0472. The fraction of sp³-hybridized carbons (Fsp3) is 0.444. The molecular weight excluding hydrogens is 276 g/mol. The maximum Gasteiger partial charge on any atom is 0.277 e. The first kappa shape index (κ1) is 18.0. The van der Waals surface area contributed by atoms with Gasteiger partial charge in [-0.15, -0.1) is 0 Å². The number of amides is 1. The molecule has 1 N–H and O–H groups in total. The molecule has 0 heterocycles. The van der Waals surface area contributed by atoms with Gasteiger partial charge in [-0.2, -0.15) is 5.10 Å². The molecule has 1 amide bonds. The zero-order valence-electron chi connectivity index (χ0n) is 14.4. The number of nitrogens with zero attached hydrogens (tertiary/aromatic N) is 1. The van der Waals surface area contributed by atoms with Crippen LogP contribution in [-0.4, -0.2) is 18.2 Å². The van der Waals surface area contributed by atoms with Gasteiger partial charge in [0.25, 0.3) is 5.91 Å². The molecule has 4 nitrogen and oxygen atoms in total. The molecule has 0 aliphatic heterocycles. The first-order chi connectivity index (χ1) is 10.3. The van der Waals surface area contributed by atoms with Crippen LogP contribution in [0.2, 0.25) is 0 Å². The summed E-state index contributed by atoms with van der Waals surface area (Å²) in [5.74, 6) is 0.827. The highest BCUT2D eigenvalue weighted by Crippen LogP contribution is 2.27. The van der Waals surface area contributed by atoms with Gasteiger partial charge >= 0.3 is 0 Å². The molecule has 0 bridgehead atoms. The summed E-state index contributed by atoms with van der Waals surface area (Å²) in [5.41, 5.74) is 6.68. The third kappa shape index (κ3) is 6.12. The van der Waals surface area contributed by atoms with Crippen molar-refractivity contribution in [2.75, 3.05) is 6.61 Å². The van der Waals surface area contributed by atoms with Crippen molar-refractivity contribution in [1.29, 1.82) is 0 Å². The summed E-state index contributed by atoms with van der Waals surface area (Å²) in [7, 11) is 0. The van der Waals surface area contributed by atoms with E-state index >= 15 is 0 Å². The van der Waals surface area contributed by atoms with Crippen molar-refractivity contribution >= 4 is 11.6 Å². The maximum absolute atomic E-state index is 11.8. The van der Waals surface area contributed by atoms with E-state index in [1.165, 1.54) is 5.56 Å². The number of rotatable bonds is 6. The molecule has 1 aromatic carbocycles. The second-order valence-corrected chi connectivity index (χ2v) is 5.99. The van der Waals surface area contributed by atoms with Crippen molar-refractivity contribution in [2.24, 2.45) is 5.10 Å². The number of hydrogen-bond donors (Lipinski definition) is 1. The van der Waals surface area contributed by atoms with E-state index in [9.17, 15) is 4.79 Å². The topological polar surface area (TPSA) is 50.7 Å². The number of ether oxygens (including phenoxy) is 1. The number of benzene rings is 1. The Bertz CT molecular complexity index is 583. The number of allylic oxidation sites excluding steroid dienone is 2. The standard InChI is InChI=1S/C18H26N2O2/c1-12(2)9-15(6)19-20-18(21)11-22-17-8-7-14(5)10-16(17)13(3)4/h7-10,13H,11H2,1-6H3,(H,20,21). The van der Waals surface area contributed by atoms with Gasteiger partial charge in [0.15, 0.2) is 6.61 Å². The fourth-order valence-corrected chi connectivity index (χ4v) is 2.03.